The first-order valence-electron chi connectivity index (χ1n) is 7.88. The Bertz CT molecular complexity index is 367. The fourth-order valence-corrected chi connectivity index (χ4v) is 3.27. The van der Waals surface area contributed by atoms with Crippen molar-refractivity contribution in [2.75, 3.05) is 0 Å². The van der Waals surface area contributed by atoms with Gasteiger partial charge in [-0.3, -0.25) is 4.79 Å². The summed E-state index contributed by atoms with van der Waals surface area (Å²) in [5, 5.41) is 12.5. The van der Waals surface area contributed by atoms with Crippen LogP contribution in [0.15, 0.2) is 0 Å². The molecule has 3 heteroatoms. The molecule has 1 rings (SSSR count). The van der Waals surface area contributed by atoms with E-state index in [1.54, 1.807) is 0 Å². The molecule has 0 radical (unpaired) electrons. The highest BCUT2D eigenvalue weighted by Crippen LogP contribution is 2.32. The number of nitrogens with one attached hydrogen (secondary N) is 1. The topological polar surface area (TPSA) is 52.9 Å². The summed E-state index contributed by atoms with van der Waals surface area (Å²) in [5.41, 5.74) is -0.363. The molecule has 1 aliphatic rings. The van der Waals surface area contributed by atoms with E-state index in [0.29, 0.717) is 18.3 Å². The van der Waals surface area contributed by atoms with Crippen molar-refractivity contribution in [2.45, 2.75) is 78.7 Å². The molecule has 1 amide bonds. The highest BCUT2D eigenvalue weighted by atomic mass is 16.1. The van der Waals surface area contributed by atoms with E-state index in [1.807, 2.05) is 0 Å². The number of rotatable bonds is 4. The van der Waals surface area contributed by atoms with Crippen molar-refractivity contribution in [1.82, 2.24) is 5.32 Å². The third-order valence-electron chi connectivity index (χ3n) is 4.22. The maximum absolute atomic E-state index is 12.2. The lowest BCUT2D eigenvalue weighted by Crippen LogP contribution is -2.49. The Balaban J connectivity index is 2.50. The molecular weight excluding hydrogens is 248 g/mol. The van der Waals surface area contributed by atoms with Crippen molar-refractivity contribution in [2.24, 2.45) is 17.3 Å². The fraction of sp³-hybridized carbons (Fsp3) is 0.882. The second kappa shape index (κ2) is 6.61. The van der Waals surface area contributed by atoms with Gasteiger partial charge in [0.1, 0.15) is 5.54 Å². The number of amides is 1. The molecule has 1 atom stereocenters. The molecule has 1 saturated carbocycles. The van der Waals surface area contributed by atoms with Crippen LogP contribution in [0.4, 0.5) is 0 Å². The van der Waals surface area contributed by atoms with Crippen LogP contribution < -0.4 is 5.32 Å². The number of hydrogen-bond donors (Lipinski definition) is 1. The molecule has 1 N–H and O–H groups in total. The van der Waals surface area contributed by atoms with E-state index in [4.69, 9.17) is 0 Å². The Morgan fingerprint density at radius 1 is 1.40 bits per heavy atom. The van der Waals surface area contributed by atoms with E-state index in [9.17, 15) is 10.1 Å². The van der Waals surface area contributed by atoms with E-state index in [2.05, 4.69) is 46.0 Å². The molecule has 3 nitrogen and oxygen atoms in total. The van der Waals surface area contributed by atoms with Gasteiger partial charge >= 0.3 is 0 Å². The maximum atomic E-state index is 12.2. The summed E-state index contributed by atoms with van der Waals surface area (Å²) in [6.45, 7) is 10.9. The molecule has 0 aromatic carbocycles. The van der Waals surface area contributed by atoms with E-state index in [-0.39, 0.29) is 11.3 Å². The minimum absolute atomic E-state index is 0.0397. The summed E-state index contributed by atoms with van der Waals surface area (Å²) in [4.78, 5) is 12.2. The van der Waals surface area contributed by atoms with Gasteiger partial charge in [0.25, 0.3) is 0 Å². The predicted octanol–water partition coefficient (Wildman–Crippen LogP) is 4.04. The van der Waals surface area contributed by atoms with Crippen LogP contribution >= 0.6 is 0 Å². The molecule has 1 aliphatic carbocycles. The SMILES string of the molecule is CC1CCC(C#N)(NC(=O)CC(C)CC(C)(C)C)CC1. The summed E-state index contributed by atoms with van der Waals surface area (Å²) < 4.78 is 0. The normalized spacial score (nSPS) is 28.5. The molecule has 20 heavy (non-hydrogen) atoms. The molecule has 0 aromatic rings. The zero-order valence-electron chi connectivity index (χ0n) is 13.8. The van der Waals surface area contributed by atoms with Crippen molar-refractivity contribution in [1.29, 1.82) is 5.26 Å². The highest BCUT2D eigenvalue weighted by molar-refractivity contribution is 5.77. The number of nitrogens with zero attached hydrogens (tertiary/aromatic N) is 1. The molecule has 0 heterocycles. The average molecular weight is 278 g/mol. The first-order valence-corrected chi connectivity index (χ1v) is 7.88. The van der Waals surface area contributed by atoms with Gasteiger partial charge in [-0.1, -0.05) is 34.6 Å². The van der Waals surface area contributed by atoms with Crippen molar-refractivity contribution in [3.63, 3.8) is 0 Å². The van der Waals surface area contributed by atoms with Crippen LogP contribution in [0, 0.1) is 28.6 Å². The molecule has 0 aliphatic heterocycles. The lowest BCUT2D eigenvalue weighted by molar-refractivity contribution is -0.123. The van der Waals surface area contributed by atoms with Gasteiger partial charge in [-0.15, -0.1) is 0 Å². The highest BCUT2D eigenvalue weighted by Gasteiger charge is 2.35. The quantitative estimate of drug-likeness (QED) is 0.843. The van der Waals surface area contributed by atoms with Gasteiger partial charge in [0.2, 0.25) is 5.91 Å². The Labute approximate surface area is 124 Å². The average Bonchev–Trinajstić information content (AvgIpc) is 2.29. The molecule has 0 saturated heterocycles. The summed E-state index contributed by atoms with van der Waals surface area (Å²) >= 11 is 0. The smallest absolute Gasteiger partial charge is 0.221 e. The fourth-order valence-electron chi connectivity index (χ4n) is 3.27. The van der Waals surface area contributed by atoms with Crippen LogP contribution in [0.1, 0.15) is 73.1 Å². The Morgan fingerprint density at radius 3 is 2.40 bits per heavy atom. The Morgan fingerprint density at radius 2 is 1.95 bits per heavy atom. The molecule has 0 spiro atoms. The number of hydrogen-bond acceptors (Lipinski definition) is 2. The van der Waals surface area contributed by atoms with Crippen LogP contribution in [-0.2, 0) is 4.79 Å². The van der Waals surface area contributed by atoms with Crippen LogP contribution in [0.2, 0.25) is 0 Å². The first-order chi connectivity index (χ1) is 9.16. The molecule has 1 fully saturated rings. The third-order valence-corrected chi connectivity index (χ3v) is 4.22. The van der Waals surface area contributed by atoms with Gasteiger partial charge in [-0.2, -0.15) is 5.26 Å². The van der Waals surface area contributed by atoms with E-state index >= 15 is 0 Å². The monoisotopic (exact) mass is 278 g/mol. The van der Waals surface area contributed by atoms with E-state index in [1.165, 1.54) is 0 Å². The van der Waals surface area contributed by atoms with Crippen LogP contribution in [0.25, 0.3) is 0 Å². The van der Waals surface area contributed by atoms with Crippen molar-refractivity contribution in [3.8, 4) is 6.07 Å². The Hall–Kier alpha value is -1.04. The number of nitriles is 1. The van der Waals surface area contributed by atoms with Gasteiger partial charge in [-0.05, 0) is 49.4 Å². The summed E-state index contributed by atoms with van der Waals surface area (Å²) in [5.74, 6) is 1.07. The Kier molecular flexibility index (Phi) is 5.62. The zero-order valence-corrected chi connectivity index (χ0v) is 13.8. The molecule has 0 aromatic heterocycles. The molecule has 1 unspecified atom stereocenters. The van der Waals surface area contributed by atoms with Gasteiger partial charge in [-0.25, -0.2) is 0 Å². The molecule has 114 valence electrons. The summed E-state index contributed by atoms with van der Waals surface area (Å²) in [7, 11) is 0. The number of carbonyl (C=O) groups is 1. The summed E-state index contributed by atoms with van der Waals surface area (Å²) in [6.07, 6.45) is 5.21. The van der Waals surface area contributed by atoms with Crippen molar-refractivity contribution < 1.29 is 4.79 Å². The van der Waals surface area contributed by atoms with E-state index in [0.717, 1.165) is 32.1 Å². The minimum atomic E-state index is -0.606. The van der Waals surface area contributed by atoms with Crippen LogP contribution in [-0.4, -0.2) is 11.4 Å². The van der Waals surface area contributed by atoms with Crippen molar-refractivity contribution in [3.05, 3.63) is 0 Å². The lowest BCUT2D eigenvalue weighted by atomic mass is 9.77. The van der Waals surface area contributed by atoms with Crippen molar-refractivity contribution >= 4 is 5.91 Å². The largest absolute Gasteiger partial charge is 0.338 e. The zero-order chi connectivity index (χ0) is 15.4. The van der Waals surface area contributed by atoms with Gasteiger partial charge < -0.3 is 5.32 Å². The standard InChI is InChI=1S/C17H30N2O/c1-13-6-8-17(12-18,9-7-13)19-15(20)10-14(2)11-16(3,4)5/h13-14H,6-11H2,1-5H3,(H,19,20). The van der Waals surface area contributed by atoms with Crippen LogP contribution in [0.5, 0.6) is 0 Å². The molecular formula is C17H30N2O. The molecule has 0 bridgehead atoms. The predicted molar refractivity (Wildman–Crippen MR) is 82.0 cm³/mol. The lowest BCUT2D eigenvalue weighted by Gasteiger charge is -2.34. The maximum Gasteiger partial charge on any atom is 0.221 e. The number of carbonyl (C=O) groups excluding carboxylic acids is 1. The minimum Gasteiger partial charge on any atom is -0.338 e. The van der Waals surface area contributed by atoms with Gasteiger partial charge in [0.15, 0.2) is 0 Å². The van der Waals surface area contributed by atoms with Gasteiger partial charge in [0, 0.05) is 6.42 Å². The first kappa shape index (κ1) is 17.0. The van der Waals surface area contributed by atoms with Crippen LogP contribution in [0.3, 0.4) is 0 Å². The third kappa shape index (κ3) is 5.53. The van der Waals surface area contributed by atoms with Gasteiger partial charge in [0.05, 0.1) is 6.07 Å². The van der Waals surface area contributed by atoms with E-state index < -0.39 is 5.54 Å². The second-order valence-corrected chi connectivity index (χ2v) is 8.00. The second-order valence-electron chi connectivity index (χ2n) is 8.00. The summed E-state index contributed by atoms with van der Waals surface area (Å²) in [6, 6.07) is 2.36.